The quantitative estimate of drug-likeness (QED) is 0.225. The van der Waals surface area contributed by atoms with Crippen molar-refractivity contribution in [2.75, 3.05) is 33.1 Å². The van der Waals surface area contributed by atoms with Gasteiger partial charge >= 0.3 is 0 Å². The highest BCUT2D eigenvalue weighted by atomic mass is 35.5. The highest BCUT2D eigenvalue weighted by Crippen LogP contribution is 2.38. The number of ether oxygens (including phenoxy) is 1. The third kappa shape index (κ3) is 7.61. The van der Waals surface area contributed by atoms with Crippen molar-refractivity contribution in [1.82, 2.24) is 25.7 Å². The van der Waals surface area contributed by atoms with Gasteiger partial charge in [0.1, 0.15) is 5.75 Å². The largest absolute Gasteiger partial charge is 0.493 e. The Kier molecular flexibility index (Phi) is 11.0. The first-order chi connectivity index (χ1) is 18.8. The van der Waals surface area contributed by atoms with Gasteiger partial charge in [0.05, 0.1) is 23.9 Å². The highest BCUT2D eigenvalue weighted by Gasteiger charge is 2.36. The second kappa shape index (κ2) is 14.4. The van der Waals surface area contributed by atoms with Crippen molar-refractivity contribution in [3.05, 3.63) is 83.1 Å². The third-order valence-electron chi connectivity index (χ3n) is 6.55. The molecule has 3 N–H and O–H groups in total. The Balaban J connectivity index is 0.000000449. The van der Waals surface area contributed by atoms with Crippen LogP contribution >= 0.6 is 11.6 Å². The molecule has 2 unspecified atom stereocenters. The summed E-state index contributed by atoms with van der Waals surface area (Å²) in [6.07, 6.45) is 2.45. The van der Waals surface area contributed by atoms with E-state index in [0.717, 1.165) is 36.2 Å². The van der Waals surface area contributed by atoms with Crippen LogP contribution in [0.1, 0.15) is 38.6 Å². The van der Waals surface area contributed by atoms with Gasteiger partial charge in [-0.25, -0.2) is 0 Å². The molecule has 0 radical (unpaired) electrons. The average molecular weight is 553 g/mol. The summed E-state index contributed by atoms with van der Waals surface area (Å²) in [4.78, 5) is 13.5. The lowest BCUT2D eigenvalue weighted by molar-refractivity contribution is -0.105. The average Bonchev–Trinajstić information content (AvgIpc) is 3.59. The number of carbonyl (C=O) groups is 1. The molecule has 39 heavy (non-hydrogen) atoms. The summed E-state index contributed by atoms with van der Waals surface area (Å²) in [6.45, 7) is 8.40. The van der Waals surface area contributed by atoms with Crippen LogP contribution in [0.25, 0.3) is 11.5 Å². The molecule has 208 valence electrons. The van der Waals surface area contributed by atoms with Crippen molar-refractivity contribution in [2.24, 2.45) is 0 Å². The standard InChI is InChI=1S/C22H28ClN5O3.C7H9N/c1-6-30-20-10-7-15(23)11-16(20)21-26-27-22(31-21)19-9-8-18(28(19)5)14(3)25-17(12-29)13(2)24-4;1-8-7-5-3-2-4-6-7/h7,10-12,18-19,24-25H,3,6,8-9H2,1-2,4-5H3;2-6,8H,1H3/b17-13+;. The molecule has 1 aliphatic heterocycles. The minimum atomic E-state index is -0.0615. The number of para-hydroxylation sites is 1. The molecule has 1 fully saturated rings. The topological polar surface area (TPSA) is 105 Å². The number of nitrogens with one attached hydrogen (secondary N) is 3. The van der Waals surface area contributed by atoms with Gasteiger partial charge in [0, 0.05) is 42.2 Å². The van der Waals surface area contributed by atoms with E-state index in [4.69, 9.17) is 20.8 Å². The maximum atomic E-state index is 11.4. The fourth-order valence-electron chi connectivity index (χ4n) is 4.29. The Morgan fingerprint density at radius 1 is 1.21 bits per heavy atom. The van der Waals surface area contributed by atoms with Gasteiger partial charge in [0.2, 0.25) is 5.89 Å². The van der Waals surface area contributed by atoms with E-state index in [2.05, 4.69) is 37.6 Å². The Hall–Kier alpha value is -3.82. The molecule has 2 heterocycles. The first-order valence-electron chi connectivity index (χ1n) is 12.8. The Labute approximate surface area is 235 Å². The van der Waals surface area contributed by atoms with Crippen molar-refractivity contribution in [1.29, 1.82) is 0 Å². The molecule has 0 saturated carbocycles. The Bertz CT molecular complexity index is 1280. The maximum Gasteiger partial charge on any atom is 0.251 e. The number of halogens is 1. The van der Waals surface area contributed by atoms with Crippen LogP contribution in [-0.4, -0.2) is 55.2 Å². The van der Waals surface area contributed by atoms with E-state index in [9.17, 15) is 4.79 Å². The highest BCUT2D eigenvalue weighted by molar-refractivity contribution is 6.30. The smallest absolute Gasteiger partial charge is 0.251 e. The van der Waals surface area contributed by atoms with Crippen molar-refractivity contribution < 1.29 is 13.9 Å². The zero-order valence-electron chi connectivity index (χ0n) is 23.1. The van der Waals surface area contributed by atoms with Gasteiger partial charge < -0.3 is 25.1 Å². The molecule has 2 aromatic carbocycles. The van der Waals surface area contributed by atoms with Crippen LogP contribution in [0.5, 0.6) is 5.75 Å². The summed E-state index contributed by atoms with van der Waals surface area (Å²) in [5.41, 5.74) is 3.79. The molecule has 0 spiro atoms. The lowest BCUT2D eigenvalue weighted by Crippen LogP contribution is -2.35. The summed E-state index contributed by atoms with van der Waals surface area (Å²) in [6, 6.07) is 15.3. The van der Waals surface area contributed by atoms with Gasteiger partial charge in [0.15, 0.2) is 6.29 Å². The molecule has 0 amide bonds. The Morgan fingerprint density at radius 3 is 2.56 bits per heavy atom. The predicted octanol–water partition coefficient (Wildman–Crippen LogP) is 5.41. The van der Waals surface area contributed by atoms with Crippen LogP contribution in [0.3, 0.4) is 0 Å². The summed E-state index contributed by atoms with van der Waals surface area (Å²) < 4.78 is 11.7. The predicted molar refractivity (Wildman–Crippen MR) is 156 cm³/mol. The normalized spacial score (nSPS) is 17.4. The number of aldehydes is 1. The first kappa shape index (κ1) is 29.7. The van der Waals surface area contributed by atoms with Crippen molar-refractivity contribution in [3.63, 3.8) is 0 Å². The SMILES string of the molecule is C=C(N/C(C=O)=C(\C)NC)C1CCC(c2nnc(-c3cc(Cl)ccc3OCC)o2)N1C.CNc1ccccc1. The van der Waals surface area contributed by atoms with Crippen molar-refractivity contribution in [3.8, 4) is 17.2 Å². The molecule has 4 rings (SSSR count). The first-order valence-corrected chi connectivity index (χ1v) is 13.2. The van der Waals surface area contributed by atoms with E-state index in [-0.39, 0.29) is 12.1 Å². The molecule has 10 heteroatoms. The Morgan fingerprint density at radius 2 is 1.95 bits per heavy atom. The maximum absolute atomic E-state index is 11.4. The number of nitrogens with zero attached hydrogens (tertiary/aromatic N) is 3. The molecule has 1 aromatic heterocycles. The fourth-order valence-corrected chi connectivity index (χ4v) is 4.47. The van der Waals surface area contributed by atoms with Gasteiger partial charge in [0.25, 0.3) is 5.89 Å². The molecular weight excluding hydrogens is 516 g/mol. The summed E-state index contributed by atoms with van der Waals surface area (Å²) in [5, 5.41) is 18.2. The van der Waals surface area contributed by atoms with Crippen molar-refractivity contribution >= 4 is 23.6 Å². The number of hydrogen-bond donors (Lipinski definition) is 3. The number of carbonyl (C=O) groups excluding carboxylic acids is 1. The molecule has 0 aliphatic carbocycles. The number of allylic oxidation sites excluding steroid dienone is 2. The number of rotatable bonds is 10. The minimum Gasteiger partial charge on any atom is -0.493 e. The van der Waals surface area contributed by atoms with Gasteiger partial charge in [-0.1, -0.05) is 36.4 Å². The van der Waals surface area contributed by atoms with E-state index < -0.39 is 0 Å². The number of aromatic nitrogens is 2. The zero-order valence-corrected chi connectivity index (χ0v) is 23.9. The summed E-state index contributed by atoms with van der Waals surface area (Å²) in [7, 11) is 5.67. The molecule has 1 saturated heterocycles. The van der Waals surface area contributed by atoms with Crippen LogP contribution in [0.4, 0.5) is 5.69 Å². The lowest BCUT2D eigenvalue weighted by atomic mass is 10.1. The van der Waals surface area contributed by atoms with E-state index in [0.29, 0.717) is 40.4 Å². The number of likely N-dealkylation sites (tertiary alicyclic amines) is 1. The lowest BCUT2D eigenvalue weighted by Gasteiger charge is -2.26. The summed E-state index contributed by atoms with van der Waals surface area (Å²) in [5.74, 6) is 1.53. The second-order valence-corrected chi connectivity index (χ2v) is 9.40. The number of anilines is 1. The molecular formula is C29H37ClN6O3. The van der Waals surface area contributed by atoms with E-state index >= 15 is 0 Å². The van der Waals surface area contributed by atoms with E-state index in [1.165, 1.54) is 0 Å². The molecule has 3 aromatic rings. The van der Waals surface area contributed by atoms with Gasteiger partial charge in [-0.3, -0.25) is 9.69 Å². The monoisotopic (exact) mass is 552 g/mol. The van der Waals surface area contributed by atoms with Gasteiger partial charge in [-0.05, 0) is 64.1 Å². The second-order valence-electron chi connectivity index (χ2n) is 8.97. The van der Waals surface area contributed by atoms with Crippen LogP contribution in [0.15, 0.2) is 76.6 Å². The number of benzene rings is 2. The molecule has 1 aliphatic rings. The number of likely N-dealkylation sites (N-methyl/N-ethyl adjacent to an activating group) is 1. The van der Waals surface area contributed by atoms with Gasteiger partial charge in [-0.2, -0.15) is 0 Å². The fraction of sp³-hybridized carbons (Fsp3) is 0.345. The summed E-state index contributed by atoms with van der Waals surface area (Å²) >= 11 is 6.16. The molecule has 2 atom stereocenters. The van der Waals surface area contributed by atoms with Crippen LogP contribution in [0, 0.1) is 0 Å². The van der Waals surface area contributed by atoms with E-state index in [1.54, 1.807) is 25.2 Å². The van der Waals surface area contributed by atoms with Crippen LogP contribution in [0.2, 0.25) is 5.02 Å². The third-order valence-corrected chi connectivity index (χ3v) is 6.79. The van der Waals surface area contributed by atoms with Crippen molar-refractivity contribution in [2.45, 2.75) is 38.8 Å². The van der Waals surface area contributed by atoms with E-state index in [1.807, 2.05) is 58.3 Å². The molecule has 0 bridgehead atoms. The van der Waals surface area contributed by atoms with Crippen LogP contribution in [-0.2, 0) is 4.79 Å². The minimum absolute atomic E-state index is 0.0186. The zero-order chi connectivity index (χ0) is 28.4. The van der Waals surface area contributed by atoms with Crippen LogP contribution < -0.4 is 20.7 Å². The molecule has 9 nitrogen and oxygen atoms in total. The number of hydrogen-bond acceptors (Lipinski definition) is 9. The van der Waals surface area contributed by atoms with Gasteiger partial charge in [-0.15, -0.1) is 10.2 Å².